The molecule has 20 heavy (non-hydrogen) atoms. The summed E-state index contributed by atoms with van der Waals surface area (Å²) >= 11 is 11.3. The van der Waals surface area contributed by atoms with Crippen LogP contribution in [0.25, 0.3) is 9.75 Å². The van der Waals surface area contributed by atoms with Gasteiger partial charge in [0.25, 0.3) is 0 Å². The Hall–Kier alpha value is 0.360. The highest BCUT2D eigenvalue weighted by Gasteiger charge is 2.24. The van der Waals surface area contributed by atoms with Gasteiger partial charge in [0.1, 0.15) is 0 Å². The van der Waals surface area contributed by atoms with Gasteiger partial charge in [-0.15, -0.1) is 22.7 Å². The van der Waals surface area contributed by atoms with Crippen LogP contribution >= 0.6 is 54.5 Å². The fourth-order valence-corrected chi connectivity index (χ4v) is 6.07. The Balaban J connectivity index is 2.53. The monoisotopic (exact) mass is 434 g/mol. The maximum Gasteiger partial charge on any atom is 0.0599 e. The molecular weight excluding hydrogens is 416 g/mol. The van der Waals surface area contributed by atoms with Gasteiger partial charge in [-0.25, -0.2) is 0 Å². The highest BCUT2D eigenvalue weighted by atomic mass is 79.9. The van der Waals surface area contributed by atoms with Crippen LogP contribution < -0.4 is 0 Å². The van der Waals surface area contributed by atoms with E-state index in [0.717, 1.165) is 0 Å². The topological polar surface area (TPSA) is 0 Å². The van der Waals surface area contributed by atoms with E-state index < -0.39 is 0 Å². The Bertz CT molecular complexity index is 566. The summed E-state index contributed by atoms with van der Waals surface area (Å²) in [5.74, 6) is 0. The zero-order chi connectivity index (χ0) is 15.3. The molecule has 0 amide bonds. The summed E-state index contributed by atoms with van der Waals surface area (Å²) in [7, 11) is 0. The van der Waals surface area contributed by atoms with Crippen LogP contribution in [0.2, 0.25) is 0 Å². The quantitative estimate of drug-likeness (QED) is 0.432. The van der Waals surface area contributed by atoms with Gasteiger partial charge in [-0.3, -0.25) is 0 Å². The minimum atomic E-state index is 0.196. The van der Waals surface area contributed by atoms with Gasteiger partial charge in [-0.2, -0.15) is 0 Å². The molecule has 0 atom stereocenters. The Morgan fingerprint density at radius 2 is 1.00 bits per heavy atom. The lowest BCUT2D eigenvalue weighted by Gasteiger charge is -2.15. The maximum absolute atomic E-state index is 3.74. The van der Waals surface area contributed by atoms with E-state index in [0.29, 0.717) is 0 Å². The Kier molecular flexibility index (Phi) is 4.62. The number of hydrogen-bond acceptors (Lipinski definition) is 2. The van der Waals surface area contributed by atoms with Crippen molar-refractivity contribution in [1.82, 2.24) is 0 Å². The largest absolute Gasteiger partial charge is 0.138 e. The molecule has 0 aromatic carbocycles. The highest BCUT2D eigenvalue weighted by molar-refractivity contribution is 9.11. The first-order valence-corrected chi connectivity index (χ1v) is 9.82. The van der Waals surface area contributed by atoms with Crippen LogP contribution in [0.1, 0.15) is 51.3 Å². The van der Waals surface area contributed by atoms with Crippen LogP contribution in [0.3, 0.4) is 0 Å². The zero-order valence-electron chi connectivity index (χ0n) is 12.7. The summed E-state index contributed by atoms with van der Waals surface area (Å²) in [5, 5.41) is 0. The van der Waals surface area contributed by atoms with E-state index in [2.05, 4.69) is 85.5 Å². The molecule has 2 aromatic rings. The first-order valence-electron chi connectivity index (χ1n) is 6.60. The highest BCUT2D eigenvalue weighted by Crippen LogP contribution is 2.48. The summed E-state index contributed by atoms with van der Waals surface area (Å²) < 4.78 is 2.41. The van der Waals surface area contributed by atoms with Crippen molar-refractivity contribution in [3.05, 3.63) is 30.8 Å². The Labute approximate surface area is 146 Å². The van der Waals surface area contributed by atoms with Crippen molar-refractivity contribution in [2.24, 2.45) is 0 Å². The average Bonchev–Trinajstić information content (AvgIpc) is 2.80. The Morgan fingerprint density at radius 1 is 0.700 bits per heavy atom. The normalized spacial score (nSPS) is 13.0. The van der Waals surface area contributed by atoms with Crippen molar-refractivity contribution in [2.45, 2.75) is 52.4 Å². The van der Waals surface area contributed by atoms with Crippen LogP contribution in [0, 0.1) is 0 Å². The van der Waals surface area contributed by atoms with Crippen molar-refractivity contribution in [2.75, 3.05) is 0 Å². The lowest BCUT2D eigenvalue weighted by molar-refractivity contribution is 0.603. The van der Waals surface area contributed by atoms with Gasteiger partial charge in [0.2, 0.25) is 0 Å². The minimum absolute atomic E-state index is 0.196. The second kappa shape index (κ2) is 5.53. The molecule has 2 aromatic heterocycles. The van der Waals surface area contributed by atoms with Crippen molar-refractivity contribution in [1.29, 1.82) is 0 Å². The first-order chi connectivity index (χ1) is 9.00. The van der Waals surface area contributed by atoms with Crippen LogP contribution in [0.4, 0.5) is 0 Å². The van der Waals surface area contributed by atoms with E-state index in [1.807, 2.05) is 22.7 Å². The molecule has 0 N–H and O–H groups in total. The third-order valence-corrected chi connectivity index (χ3v) is 8.12. The van der Waals surface area contributed by atoms with Crippen LogP contribution in [0.5, 0.6) is 0 Å². The number of thiophene rings is 2. The fraction of sp³-hybridized carbons (Fsp3) is 0.500. The molecule has 0 aliphatic carbocycles. The molecule has 0 fully saturated rings. The first kappa shape index (κ1) is 16.7. The van der Waals surface area contributed by atoms with Crippen molar-refractivity contribution < 1.29 is 0 Å². The van der Waals surface area contributed by atoms with E-state index in [1.165, 1.54) is 28.5 Å². The molecule has 0 saturated heterocycles. The Morgan fingerprint density at radius 3 is 1.20 bits per heavy atom. The molecule has 110 valence electrons. The van der Waals surface area contributed by atoms with Crippen LogP contribution in [-0.4, -0.2) is 0 Å². The van der Waals surface area contributed by atoms with Gasteiger partial charge in [0.05, 0.1) is 9.75 Å². The van der Waals surface area contributed by atoms with Gasteiger partial charge >= 0.3 is 0 Å². The number of hydrogen-bond donors (Lipinski definition) is 0. The molecule has 2 heterocycles. The molecule has 0 radical (unpaired) electrons. The molecule has 0 bridgehead atoms. The van der Waals surface area contributed by atoms with Gasteiger partial charge in [-0.05, 0) is 54.8 Å². The smallest absolute Gasteiger partial charge is 0.0599 e. The summed E-state index contributed by atoms with van der Waals surface area (Å²) in [6.07, 6.45) is 0. The summed E-state index contributed by atoms with van der Waals surface area (Å²) in [5.41, 5.74) is 0.393. The number of rotatable bonds is 1. The number of halogens is 2. The van der Waals surface area contributed by atoms with E-state index in [4.69, 9.17) is 0 Å². The predicted octanol–water partition coefficient (Wildman–Crippen LogP) is 7.60. The lowest BCUT2D eigenvalue weighted by atomic mass is 9.95. The third-order valence-electron chi connectivity index (χ3n) is 3.06. The van der Waals surface area contributed by atoms with Gasteiger partial charge in [0.15, 0.2) is 0 Å². The van der Waals surface area contributed by atoms with E-state index in [9.17, 15) is 0 Å². The second-order valence-corrected chi connectivity index (χ2v) is 10.9. The molecule has 0 unspecified atom stereocenters. The van der Waals surface area contributed by atoms with Crippen molar-refractivity contribution in [3.63, 3.8) is 0 Å². The molecule has 0 aliphatic heterocycles. The molecular formula is C16H20Br2S2. The van der Waals surface area contributed by atoms with E-state index in [1.54, 1.807) is 0 Å². The molecule has 0 saturated carbocycles. The molecule has 0 nitrogen and oxygen atoms in total. The maximum atomic E-state index is 3.74. The average molecular weight is 436 g/mol. The van der Waals surface area contributed by atoms with Crippen LogP contribution in [-0.2, 0) is 10.8 Å². The van der Waals surface area contributed by atoms with Gasteiger partial charge < -0.3 is 0 Å². The molecule has 4 heteroatoms. The van der Waals surface area contributed by atoms with Gasteiger partial charge in [-0.1, -0.05) is 41.5 Å². The molecule has 0 spiro atoms. The van der Waals surface area contributed by atoms with E-state index in [-0.39, 0.29) is 10.8 Å². The third kappa shape index (κ3) is 3.40. The molecule has 2 rings (SSSR count). The SMILES string of the molecule is CC(C)(C)c1cc(Br)c(-c2sc(C(C)(C)C)cc2Br)s1. The summed E-state index contributed by atoms with van der Waals surface area (Å²) in [6.45, 7) is 13.6. The minimum Gasteiger partial charge on any atom is -0.138 e. The fourth-order valence-electron chi connectivity index (χ4n) is 1.79. The predicted molar refractivity (Wildman–Crippen MR) is 100 cm³/mol. The second-order valence-electron chi connectivity index (χ2n) is 7.08. The molecule has 0 aliphatic rings. The summed E-state index contributed by atoms with van der Waals surface area (Å²) in [6, 6.07) is 4.53. The summed E-state index contributed by atoms with van der Waals surface area (Å²) in [4.78, 5) is 5.50. The standard InChI is InChI=1S/C16H20Br2S2/c1-15(2,3)11-7-9(17)13(19-11)14-10(18)8-12(20-14)16(4,5)6/h7-8H,1-6H3. The van der Waals surface area contributed by atoms with Crippen LogP contribution in [0.15, 0.2) is 21.1 Å². The lowest BCUT2D eigenvalue weighted by Crippen LogP contribution is -2.07. The van der Waals surface area contributed by atoms with Crippen molar-refractivity contribution >= 4 is 54.5 Å². The van der Waals surface area contributed by atoms with E-state index >= 15 is 0 Å². The zero-order valence-corrected chi connectivity index (χ0v) is 17.5. The van der Waals surface area contributed by atoms with Gasteiger partial charge in [0, 0.05) is 18.7 Å². The van der Waals surface area contributed by atoms with Crippen molar-refractivity contribution in [3.8, 4) is 9.75 Å².